The SMILES string of the molecule is CCc1cc2c(cc3n2C[C@](C)(C(=O)NC2CCCCCC2)N(CCCN2C[C@H](C)C[C@H](C)C2)C3=O)s1. The number of hydrogen-bond donors (Lipinski definition) is 1. The number of hydrogen-bond acceptors (Lipinski definition) is 4. The summed E-state index contributed by atoms with van der Waals surface area (Å²) in [6, 6.07) is 4.50. The monoisotopic (exact) mass is 526 g/mol. The first kappa shape index (κ1) is 26.7. The van der Waals surface area contributed by atoms with Crippen LogP contribution in [0.25, 0.3) is 10.2 Å². The predicted octanol–water partition coefficient (Wildman–Crippen LogP) is 5.69. The minimum absolute atomic E-state index is 0.00611. The second kappa shape index (κ2) is 11.1. The van der Waals surface area contributed by atoms with Crippen LogP contribution in [0.2, 0.25) is 0 Å². The number of carbonyl (C=O) groups excluding carboxylic acids is 2. The number of piperidine rings is 1. The van der Waals surface area contributed by atoms with E-state index in [0.29, 0.717) is 13.1 Å². The molecule has 2 aromatic rings. The predicted molar refractivity (Wildman–Crippen MR) is 152 cm³/mol. The Bertz CT molecular complexity index is 1100. The standard InChI is InChI=1S/C30H46N4O2S/c1-5-24-16-25-27(37-24)17-26-28(35)34(14-10-13-32-18-21(2)15-22(3)19-32)30(4,20-33(25)26)29(36)31-23-11-8-6-7-9-12-23/h16-17,21-23H,5-15,18-20H2,1-4H3,(H,31,36)/t21-,22+,30-/m1/s1. The first-order chi connectivity index (χ1) is 17.8. The van der Waals surface area contributed by atoms with E-state index in [-0.39, 0.29) is 17.9 Å². The fourth-order valence-corrected chi connectivity index (χ4v) is 8.15. The molecule has 1 saturated heterocycles. The number of carbonyl (C=O) groups is 2. The highest BCUT2D eigenvalue weighted by atomic mass is 32.1. The van der Waals surface area contributed by atoms with Crippen LogP contribution < -0.4 is 5.32 Å². The summed E-state index contributed by atoms with van der Waals surface area (Å²) in [6.45, 7) is 13.2. The number of amides is 2. The highest BCUT2D eigenvalue weighted by Crippen LogP contribution is 2.36. The van der Waals surface area contributed by atoms with E-state index in [1.54, 1.807) is 11.3 Å². The molecule has 37 heavy (non-hydrogen) atoms. The minimum atomic E-state index is -0.890. The van der Waals surface area contributed by atoms with Gasteiger partial charge in [0.1, 0.15) is 11.2 Å². The normalized spacial score (nSPS) is 27.9. The van der Waals surface area contributed by atoms with Gasteiger partial charge in [-0.3, -0.25) is 9.59 Å². The maximum atomic E-state index is 14.0. The van der Waals surface area contributed by atoms with Gasteiger partial charge in [-0.15, -0.1) is 11.3 Å². The van der Waals surface area contributed by atoms with Crippen LogP contribution in [0, 0.1) is 11.8 Å². The molecule has 1 aliphatic carbocycles. The lowest BCUT2D eigenvalue weighted by molar-refractivity contribution is -0.133. The summed E-state index contributed by atoms with van der Waals surface area (Å²) in [7, 11) is 0. The van der Waals surface area contributed by atoms with Crippen LogP contribution in [0.3, 0.4) is 0 Å². The number of thiophene rings is 1. The van der Waals surface area contributed by atoms with Crippen LogP contribution in [-0.4, -0.2) is 63.9 Å². The Morgan fingerprint density at radius 3 is 2.46 bits per heavy atom. The van der Waals surface area contributed by atoms with Gasteiger partial charge >= 0.3 is 0 Å². The van der Waals surface area contributed by atoms with Gasteiger partial charge in [0.25, 0.3) is 5.91 Å². The zero-order chi connectivity index (χ0) is 26.2. The molecule has 4 heterocycles. The van der Waals surface area contributed by atoms with E-state index in [4.69, 9.17) is 0 Å². The summed E-state index contributed by atoms with van der Waals surface area (Å²) >= 11 is 1.77. The molecule has 0 spiro atoms. The van der Waals surface area contributed by atoms with Gasteiger partial charge in [-0.25, -0.2) is 0 Å². The van der Waals surface area contributed by atoms with Crippen LogP contribution >= 0.6 is 11.3 Å². The third-order valence-electron chi connectivity index (χ3n) is 9.00. The zero-order valence-electron chi connectivity index (χ0n) is 23.4. The molecule has 0 bridgehead atoms. The van der Waals surface area contributed by atoms with Crippen LogP contribution in [-0.2, 0) is 17.8 Å². The van der Waals surface area contributed by atoms with Crippen molar-refractivity contribution in [2.24, 2.45) is 11.8 Å². The van der Waals surface area contributed by atoms with E-state index in [0.717, 1.165) is 73.1 Å². The van der Waals surface area contributed by atoms with Gasteiger partial charge in [0.15, 0.2) is 0 Å². The average Bonchev–Trinajstić information content (AvgIpc) is 3.29. The van der Waals surface area contributed by atoms with Gasteiger partial charge in [0.05, 0.1) is 16.8 Å². The fraction of sp³-hybridized carbons (Fsp3) is 0.733. The van der Waals surface area contributed by atoms with Crippen molar-refractivity contribution in [3.63, 3.8) is 0 Å². The van der Waals surface area contributed by atoms with Gasteiger partial charge in [-0.2, -0.15) is 0 Å². The van der Waals surface area contributed by atoms with Crippen molar-refractivity contribution in [2.75, 3.05) is 26.2 Å². The summed E-state index contributed by atoms with van der Waals surface area (Å²) in [5.74, 6) is 1.47. The Kier molecular flexibility index (Phi) is 8.02. The molecule has 2 aliphatic heterocycles. The van der Waals surface area contributed by atoms with E-state index in [2.05, 4.69) is 47.7 Å². The number of aryl methyl sites for hydroxylation is 1. The molecule has 1 saturated carbocycles. The molecule has 5 rings (SSSR count). The Morgan fingerprint density at radius 2 is 1.78 bits per heavy atom. The first-order valence-electron chi connectivity index (χ1n) is 14.8. The number of nitrogens with zero attached hydrogens (tertiary/aromatic N) is 3. The maximum Gasteiger partial charge on any atom is 0.271 e. The second-order valence-electron chi connectivity index (χ2n) is 12.4. The Balaban J connectivity index is 1.39. The molecule has 7 heteroatoms. The Labute approximate surface area is 226 Å². The summed E-state index contributed by atoms with van der Waals surface area (Å²) in [6.07, 6.45) is 10.1. The third-order valence-corrected chi connectivity index (χ3v) is 10.2. The summed E-state index contributed by atoms with van der Waals surface area (Å²) in [5.41, 5.74) is 0.956. The lowest BCUT2D eigenvalue weighted by atomic mass is 9.91. The highest BCUT2D eigenvalue weighted by Gasteiger charge is 2.48. The van der Waals surface area contributed by atoms with E-state index >= 15 is 0 Å². The lowest BCUT2D eigenvalue weighted by Gasteiger charge is -2.45. The van der Waals surface area contributed by atoms with Crippen LogP contribution in [0.4, 0.5) is 0 Å². The Hall–Kier alpha value is -1.86. The van der Waals surface area contributed by atoms with Gasteiger partial charge in [-0.05, 0) is 69.5 Å². The highest BCUT2D eigenvalue weighted by molar-refractivity contribution is 7.19. The smallest absolute Gasteiger partial charge is 0.271 e. The van der Waals surface area contributed by atoms with Crippen LogP contribution in [0.5, 0.6) is 0 Å². The fourth-order valence-electron chi connectivity index (χ4n) is 7.10. The molecular weight excluding hydrogens is 480 g/mol. The number of fused-ring (bicyclic) bond motifs is 3. The van der Waals surface area contributed by atoms with Crippen molar-refractivity contribution in [1.82, 2.24) is 19.7 Å². The second-order valence-corrected chi connectivity index (χ2v) is 13.6. The molecule has 0 aromatic carbocycles. The summed E-state index contributed by atoms with van der Waals surface area (Å²) < 4.78 is 3.29. The minimum Gasteiger partial charge on any atom is -0.351 e. The van der Waals surface area contributed by atoms with Crippen molar-refractivity contribution < 1.29 is 9.59 Å². The van der Waals surface area contributed by atoms with Gasteiger partial charge in [0.2, 0.25) is 5.91 Å². The molecule has 0 radical (unpaired) electrons. The van der Waals surface area contributed by atoms with E-state index < -0.39 is 5.54 Å². The van der Waals surface area contributed by atoms with Gasteiger partial charge < -0.3 is 19.7 Å². The van der Waals surface area contributed by atoms with E-state index in [1.807, 2.05) is 11.8 Å². The van der Waals surface area contributed by atoms with Gasteiger partial charge in [-0.1, -0.05) is 46.5 Å². The molecule has 3 aliphatic rings. The van der Waals surface area contributed by atoms with Gasteiger partial charge in [0, 0.05) is 30.6 Å². The Morgan fingerprint density at radius 1 is 1.08 bits per heavy atom. The van der Waals surface area contributed by atoms with Crippen molar-refractivity contribution in [3.05, 3.63) is 22.7 Å². The maximum absolute atomic E-state index is 14.0. The molecule has 6 nitrogen and oxygen atoms in total. The van der Waals surface area contributed by atoms with Crippen molar-refractivity contribution >= 4 is 33.4 Å². The lowest BCUT2D eigenvalue weighted by Crippen LogP contribution is -2.65. The third kappa shape index (κ3) is 5.49. The van der Waals surface area contributed by atoms with Crippen molar-refractivity contribution in [3.8, 4) is 0 Å². The van der Waals surface area contributed by atoms with E-state index in [1.165, 1.54) is 37.0 Å². The molecule has 2 fully saturated rings. The van der Waals surface area contributed by atoms with Crippen molar-refractivity contribution in [2.45, 2.75) is 104 Å². The number of nitrogens with one attached hydrogen (secondary N) is 1. The quantitative estimate of drug-likeness (QED) is 0.472. The largest absolute Gasteiger partial charge is 0.351 e. The van der Waals surface area contributed by atoms with Crippen molar-refractivity contribution in [1.29, 1.82) is 0 Å². The van der Waals surface area contributed by atoms with E-state index in [9.17, 15) is 9.59 Å². The van der Waals surface area contributed by atoms with Crippen LogP contribution in [0.1, 0.15) is 94.4 Å². The number of rotatable bonds is 7. The molecule has 204 valence electrons. The summed E-state index contributed by atoms with van der Waals surface area (Å²) in [5, 5.41) is 3.40. The molecule has 3 atom stereocenters. The van der Waals surface area contributed by atoms with Crippen LogP contribution in [0.15, 0.2) is 12.1 Å². The number of aromatic nitrogens is 1. The number of likely N-dealkylation sites (tertiary alicyclic amines) is 1. The average molecular weight is 527 g/mol. The zero-order valence-corrected chi connectivity index (χ0v) is 24.2. The first-order valence-corrected chi connectivity index (χ1v) is 15.6. The molecule has 1 N–H and O–H groups in total. The molecular formula is C30H46N4O2S. The molecule has 2 aromatic heterocycles. The molecule has 0 unspecified atom stereocenters. The topological polar surface area (TPSA) is 57.6 Å². The molecule has 2 amide bonds. The summed E-state index contributed by atoms with van der Waals surface area (Å²) in [4.78, 5) is 33.8.